The van der Waals surface area contributed by atoms with Gasteiger partial charge in [0.1, 0.15) is 5.82 Å². The zero-order valence-corrected chi connectivity index (χ0v) is 14.3. The van der Waals surface area contributed by atoms with E-state index in [0.29, 0.717) is 15.7 Å². The molecular weight excluding hydrogens is 363 g/mol. The fraction of sp³-hybridized carbons (Fsp3) is 0.176. The van der Waals surface area contributed by atoms with Gasteiger partial charge >= 0.3 is 0 Å². The first-order valence-corrected chi connectivity index (χ1v) is 7.79. The number of carbonyl (C=O) groups excluding carboxylic acids is 2. The molecule has 2 rings (SSSR count). The molecule has 2 N–H and O–H groups in total. The van der Waals surface area contributed by atoms with Crippen molar-refractivity contribution in [2.75, 3.05) is 5.32 Å². The topological polar surface area (TPSA) is 58.2 Å². The molecule has 0 radical (unpaired) electrons. The number of rotatable bonds is 4. The number of benzene rings is 2. The summed E-state index contributed by atoms with van der Waals surface area (Å²) in [5, 5.41) is 5.55. The van der Waals surface area contributed by atoms with E-state index in [1.165, 1.54) is 25.1 Å². The van der Waals surface area contributed by atoms with Crippen LogP contribution in [0.2, 0.25) is 0 Å². The fourth-order valence-electron chi connectivity index (χ4n) is 2.12. The Bertz CT molecular complexity index is 749. The summed E-state index contributed by atoms with van der Waals surface area (Å²) in [7, 11) is 0. The maximum atomic E-state index is 13.1. The average Bonchev–Trinajstić information content (AvgIpc) is 2.46. The predicted molar refractivity (Wildman–Crippen MR) is 90.7 cm³/mol. The van der Waals surface area contributed by atoms with E-state index in [9.17, 15) is 14.0 Å². The zero-order chi connectivity index (χ0) is 17.0. The lowest BCUT2D eigenvalue weighted by Gasteiger charge is -2.16. The molecule has 0 spiro atoms. The molecule has 2 aromatic rings. The maximum Gasteiger partial charge on any atom is 0.252 e. The van der Waals surface area contributed by atoms with Gasteiger partial charge in [0.2, 0.25) is 5.91 Å². The van der Waals surface area contributed by atoms with Crippen molar-refractivity contribution in [1.29, 1.82) is 0 Å². The second-order valence-corrected chi connectivity index (χ2v) is 5.98. The van der Waals surface area contributed by atoms with Crippen LogP contribution in [-0.2, 0) is 4.79 Å². The summed E-state index contributed by atoms with van der Waals surface area (Å²) in [5.74, 6) is -0.882. The van der Waals surface area contributed by atoms with Crippen LogP contribution in [0.5, 0.6) is 0 Å². The Morgan fingerprint density at radius 1 is 1.17 bits per heavy atom. The van der Waals surface area contributed by atoms with Gasteiger partial charge in [-0.2, -0.15) is 0 Å². The van der Waals surface area contributed by atoms with Crippen LogP contribution in [0, 0.1) is 5.82 Å². The molecule has 0 aliphatic heterocycles. The van der Waals surface area contributed by atoms with Crippen molar-refractivity contribution >= 4 is 33.4 Å². The zero-order valence-electron chi connectivity index (χ0n) is 12.7. The first-order chi connectivity index (χ1) is 10.9. The Kier molecular flexibility index (Phi) is 5.50. The number of halogens is 2. The molecule has 1 unspecified atom stereocenters. The first kappa shape index (κ1) is 17.1. The number of hydrogen-bond acceptors (Lipinski definition) is 2. The molecule has 1 atom stereocenters. The molecule has 0 aliphatic rings. The molecule has 0 aliphatic carbocycles. The molecule has 23 heavy (non-hydrogen) atoms. The highest BCUT2D eigenvalue weighted by Gasteiger charge is 2.15. The average molecular weight is 379 g/mol. The summed E-state index contributed by atoms with van der Waals surface area (Å²) < 4.78 is 13.5. The van der Waals surface area contributed by atoms with Gasteiger partial charge in [0.15, 0.2) is 0 Å². The van der Waals surface area contributed by atoms with Crippen LogP contribution in [0.4, 0.5) is 10.1 Å². The molecule has 0 aromatic heterocycles. The summed E-state index contributed by atoms with van der Waals surface area (Å²) in [6, 6.07) is 10.9. The van der Waals surface area contributed by atoms with Gasteiger partial charge in [-0.3, -0.25) is 9.59 Å². The summed E-state index contributed by atoms with van der Waals surface area (Å²) in [6.45, 7) is 3.27. The molecule has 4 nitrogen and oxygen atoms in total. The van der Waals surface area contributed by atoms with E-state index in [1.54, 1.807) is 18.2 Å². The van der Waals surface area contributed by atoms with Gasteiger partial charge in [0.05, 0.1) is 11.6 Å². The molecular formula is C17H16BrFN2O2. The third kappa shape index (κ3) is 4.63. The Balaban J connectivity index is 2.13. The smallest absolute Gasteiger partial charge is 0.252 e. The number of hydrogen-bond donors (Lipinski definition) is 2. The largest absolute Gasteiger partial charge is 0.345 e. The van der Waals surface area contributed by atoms with Crippen molar-refractivity contribution in [3.63, 3.8) is 0 Å². The van der Waals surface area contributed by atoms with Crippen LogP contribution >= 0.6 is 15.9 Å². The van der Waals surface area contributed by atoms with Crippen molar-refractivity contribution in [1.82, 2.24) is 5.32 Å². The van der Waals surface area contributed by atoms with Gasteiger partial charge < -0.3 is 10.6 Å². The Hall–Kier alpha value is -2.21. The number of anilines is 1. The minimum absolute atomic E-state index is 0.158. The minimum Gasteiger partial charge on any atom is -0.345 e. The predicted octanol–water partition coefficient (Wildman–Crippen LogP) is 4.04. The third-order valence-corrected chi connectivity index (χ3v) is 3.89. The number of amides is 2. The summed E-state index contributed by atoms with van der Waals surface area (Å²) in [4.78, 5) is 23.4. The summed E-state index contributed by atoms with van der Waals surface area (Å²) >= 11 is 3.18. The second kappa shape index (κ2) is 7.37. The highest BCUT2D eigenvalue weighted by molar-refractivity contribution is 9.10. The van der Waals surface area contributed by atoms with Crippen LogP contribution in [-0.4, -0.2) is 11.8 Å². The van der Waals surface area contributed by atoms with E-state index in [-0.39, 0.29) is 17.9 Å². The maximum absolute atomic E-state index is 13.1. The molecule has 120 valence electrons. The van der Waals surface area contributed by atoms with E-state index >= 15 is 0 Å². The quantitative estimate of drug-likeness (QED) is 0.843. The second-order valence-electron chi connectivity index (χ2n) is 5.13. The van der Waals surface area contributed by atoms with E-state index in [2.05, 4.69) is 26.6 Å². The van der Waals surface area contributed by atoms with Gasteiger partial charge in [-0.1, -0.05) is 12.1 Å². The van der Waals surface area contributed by atoms with E-state index < -0.39 is 5.82 Å². The standard InChI is InChI=1S/C17H16BrFN2O2/c1-10(12-4-3-5-14(8-12)21-11(2)22)20-17(23)15-7-6-13(19)9-16(15)18/h3-10H,1-2H3,(H,20,23)(H,21,22). The van der Waals surface area contributed by atoms with Crippen molar-refractivity contribution in [2.24, 2.45) is 0 Å². The van der Waals surface area contributed by atoms with Crippen LogP contribution in [0.3, 0.4) is 0 Å². The van der Waals surface area contributed by atoms with Crippen molar-refractivity contribution in [2.45, 2.75) is 19.9 Å². The fourth-order valence-corrected chi connectivity index (χ4v) is 2.65. The SMILES string of the molecule is CC(=O)Nc1cccc(C(C)NC(=O)c2ccc(F)cc2Br)c1. The lowest BCUT2D eigenvalue weighted by atomic mass is 10.1. The first-order valence-electron chi connectivity index (χ1n) is 7.00. The molecule has 0 bridgehead atoms. The van der Waals surface area contributed by atoms with Gasteiger partial charge in [-0.15, -0.1) is 0 Å². The number of carbonyl (C=O) groups is 2. The molecule has 2 aromatic carbocycles. The van der Waals surface area contributed by atoms with Crippen LogP contribution < -0.4 is 10.6 Å². The normalized spacial score (nSPS) is 11.7. The Labute approximate surface area is 142 Å². The molecule has 0 fully saturated rings. The van der Waals surface area contributed by atoms with Gasteiger partial charge in [0.25, 0.3) is 5.91 Å². The Morgan fingerprint density at radius 2 is 1.91 bits per heavy atom. The molecule has 2 amide bonds. The monoisotopic (exact) mass is 378 g/mol. The van der Waals surface area contributed by atoms with Crippen LogP contribution in [0.15, 0.2) is 46.9 Å². The third-order valence-electron chi connectivity index (χ3n) is 3.23. The van der Waals surface area contributed by atoms with E-state index in [4.69, 9.17) is 0 Å². The van der Waals surface area contributed by atoms with Crippen molar-refractivity contribution in [3.8, 4) is 0 Å². The van der Waals surface area contributed by atoms with Crippen molar-refractivity contribution < 1.29 is 14.0 Å². The minimum atomic E-state index is -0.413. The van der Waals surface area contributed by atoms with Crippen molar-refractivity contribution in [3.05, 3.63) is 63.9 Å². The molecule has 6 heteroatoms. The van der Waals surface area contributed by atoms with Gasteiger partial charge in [0, 0.05) is 17.1 Å². The Morgan fingerprint density at radius 3 is 2.57 bits per heavy atom. The van der Waals surface area contributed by atoms with Crippen LogP contribution in [0.1, 0.15) is 35.8 Å². The summed E-state index contributed by atoms with van der Waals surface area (Å²) in [6.07, 6.45) is 0. The van der Waals surface area contributed by atoms with E-state index in [0.717, 1.165) is 5.56 Å². The number of nitrogens with one attached hydrogen (secondary N) is 2. The lowest BCUT2D eigenvalue weighted by Crippen LogP contribution is -2.27. The molecule has 0 heterocycles. The van der Waals surface area contributed by atoms with Gasteiger partial charge in [-0.25, -0.2) is 4.39 Å². The summed E-state index contributed by atoms with van der Waals surface area (Å²) in [5.41, 5.74) is 1.87. The highest BCUT2D eigenvalue weighted by Crippen LogP contribution is 2.21. The van der Waals surface area contributed by atoms with Crippen LogP contribution in [0.25, 0.3) is 0 Å². The molecule has 0 saturated heterocycles. The molecule has 0 saturated carbocycles. The highest BCUT2D eigenvalue weighted by atomic mass is 79.9. The van der Waals surface area contributed by atoms with E-state index in [1.807, 2.05) is 13.0 Å². The van der Waals surface area contributed by atoms with Gasteiger partial charge in [-0.05, 0) is 58.7 Å². The lowest BCUT2D eigenvalue weighted by molar-refractivity contribution is -0.114.